The Morgan fingerprint density at radius 3 is 2.58 bits per heavy atom. The van der Waals surface area contributed by atoms with Gasteiger partial charge in [0, 0.05) is 16.8 Å². The van der Waals surface area contributed by atoms with Crippen LogP contribution >= 0.6 is 11.3 Å². The van der Waals surface area contributed by atoms with Crippen LogP contribution in [-0.4, -0.2) is 15.0 Å². The predicted octanol–water partition coefficient (Wildman–Crippen LogP) is 5.22. The molecule has 3 heterocycles. The summed E-state index contributed by atoms with van der Waals surface area (Å²) in [5.41, 5.74) is 5.48. The Labute approximate surface area is 144 Å². The van der Waals surface area contributed by atoms with Crippen molar-refractivity contribution < 1.29 is 0 Å². The Morgan fingerprint density at radius 1 is 0.958 bits per heavy atom. The van der Waals surface area contributed by atoms with Crippen LogP contribution in [0.5, 0.6) is 0 Å². The molecule has 0 unspecified atom stereocenters. The molecule has 0 aliphatic heterocycles. The van der Waals surface area contributed by atoms with Crippen LogP contribution in [0.4, 0.5) is 11.5 Å². The number of nitrogens with zero attached hydrogens (tertiary/aromatic N) is 3. The number of pyridine rings is 1. The average molecular weight is 334 g/mol. The Balaban J connectivity index is 1.97. The lowest BCUT2D eigenvalue weighted by atomic mass is 10.1. The summed E-state index contributed by atoms with van der Waals surface area (Å²) in [6, 6.07) is 10.4. The maximum absolute atomic E-state index is 4.69. The maximum atomic E-state index is 4.69. The van der Waals surface area contributed by atoms with E-state index in [4.69, 9.17) is 4.98 Å². The zero-order chi connectivity index (χ0) is 16.8. The van der Waals surface area contributed by atoms with Gasteiger partial charge in [0.15, 0.2) is 5.82 Å². The van der Waals surface area contributed by atoms with Crippen LogP contribution in [0.2, 0.25) is 0 Å². The second-order valence-corrected chi connectivity index (χ2v) is 7.15. The summed E-state index contributed by atoms with van der Waals surface area (Å²) in [4.78, 5) is 15.0. The van der Waals surface area contributed by atoms with Crippen LogP contribution in [0.15, 0.2) is 30.3 Å². The van der Waals surface area contributed by atoms with Crippen LogP contribution in [0.1, 0.15) is 22.6 Å². The minimum atomic E-state index is 0.761. The van der Waals surface area contributed by atoms with Crippen molar-refractivity contribution >= 4 is 43.3 Å². The molecule has 4 rings (SSSR count). The topological polar surface area (TPSA) is 50.7 Å². The van der Waals surface area contributed by atoms with E-state index in [-0.39, 0.29) is 0 Å². The summed E-state index contributed by atoms with van der Waals surface area (Å²) >= 11 is 1.65. The minimum absolute atomic E-state index is 0.761. The van der Waals surface area contributed by atoms with E-state index in [2.05, 4.69) is 53.4 Å². The maximum Gasteiger partial charge on any atom is 0.152 e. The third-order valence-electron chi connectivity index (χ3n) is 4.01. The summed E-state index contributed by atoms with van der Waals surface area (Å²) in [6.07, 6.45) is 0. The van der Waals surface area contributed by atoms with Crippen LogP contribution in [0, 0.1) is 27.7 Å². The van der Waals surface area contributed by atoms with Crippen molar-refractivity contribution in [2.24, 2.45) is 0 Å². The molecule has 0 bridgehead atoms. The van der Waals surface area contributed by atoms with E-state index in [9.17, 15) is 0 Å². The van der Waals surface area contributed by atoms with Crippen molar-refractivity contribution in [3.05, 3.63) is 53.0 Å². The van der Waals surface area contributed by atoms with Gasteiger partial charge in [0.25, 0.3) is 0 Å². The van der Waals surface area contributed by atoms with Crippen LogP contribution in [0.25, 0.3) is 20.4 Å². The van der Waals surface area contributed by atoms with Crippen LogP contribution in [0.3, 0.4) is 0 Å². The molecule has 3 aromatic heterocycles. The van der Waals surface area contributed by atoms with Crippen molar-refractivity contribution in [3.63, 3.8) is 0 Å². The van der Waals surface area contributed by atoms with E-state index in [1.165, 1.54) is 11.1 Å². The van der Waals surface area contributed by atoms with Gasteiger partial charge < -0.3 is 5.32 Å². The standard InChI is InChI=1S/C19H18N4S/c1-10-6-5-7-14(8-10)23-18-17-16(21-13(4)22-18)15-11(2)9-12(3)20-19(15)24-17/h5-9H,1-4H3,(H,21,22,23). The Bertz CT molecular complexity index is 1080. The fraction of sp³-hybridized carbons (Fsp3) is 0.211. The molecule has 1 aromatic carbocycles. The van der Waals surface area contributed by atoms with Crippen molar-refractivity contribution in [1.29, 1.82) is 0 Å². The number of nitrogens with one attached hydrogen (secondary N) is 1. The highest BCUT2D eigenvalue weighted by atomic mass is 32.1. The summed E-state index contributed by atoms with van der Waals surface area (Å²) in [6.45, 7) is 8.16. The first-order chi connectivity index (χ1) is 11.5. The largest absolute Gasteiger partial charge is 0.339 e. The first kappa shape index (κ1) is 15.0. The van der Waals surface area contributed by atoms with Gasteiger partial charge in [0.2, 0.25) is 0 Å². The third-order valence-corrected chi connectivity index (χ3v) is 5.08. The number of hydrogen-bond acceptors (Lipinski definition) is 5. The zero-order valence-corrected chi connectivity index (χ0v) is 15.0. The van der Waals surface area contributed by atoms with Crippen molar-refractivity contribution in [2.45, 2.75) is 27.7 Å². The molecule has 0 saturated carbocycles. The molecule has 0 radical (unpaired) electrons. The lowest BCUT2D eigenvalue weighted by Crippen LogP contribution is -1.97. The van der Waals surface area contributed by atoms with Gasteiger partial charge in [0.1, 0.15) is 10.7 Å². The van der Waals surface area contributed by atoms with Gasteiger partial charge in [-0.05, 0) is 57.0 Å². The lowest BCUT2D eigenvalue weighted by molar-refractivity contribution is 1.10. The van der Waals surface area contributed by atoms with Gasteiger partial charge in [0.05, 0.1) is 10.2 Å². The highest BCUT2D eigenvalue weighted by Crippen LogP contribution is 2.38. The van der Waals surface area contributed by atoms with E-state index < -0.39 is 0 Å². The van der Waals surface area contributed by atoms with Gasteiger partial charge in [-0.2, -0.15) is 0 Å². The van der Waals surface area contributed by atoms with Crippen LogP contribution in [-0.2, 0) is 0 Å². The summed E-state index contributed by atoms with van der Waals surface area (Å²) in [7, 11) is 0. The quantitative estimate of drug-likeness (QED) is 0.546. The van der Waals surface area contributed by atoms with E-state index in [1.54, 1.807) is 11.3 Å². The highest BCUT2D eigenvalue weighted by molar-refractivity contribution is 7.26. The molecule has 0 fully saturated rings. The number of fused-ring (bicyclic) bond motifs is 3. The SMILES string of the molecule is Cc1cccc(Nc2nc(C)nc3c2sc2nc(C)cc(C)c23)c1. The van der Waals surface area contributed by atoms with Crippen molar-refractivity contribution in [3.8, 4) is 0 Å². The molecular weight excluding hydrogens is 316 g/mol. The summed E-state index contributed by atoms with van der Waals surface area (Å²) in [5.74, 6) is 1.61. The number of aryl methyl sites for hydroxylation is 4. The first-order valence-corrected chi connectivity index (χ1v) is 8.72. The normalized spacial score (nSPS) is 11.3. The number of hydrogen-bond donors (Lipinski definition) is 1. The lowest BCUT2D eigenvalue weighted by Gasteiger charge is -2.08. The Morgan fingerprint density at radius 2 is 1.79 bits per heavy atom. The Kier molecular flexibility index (Phi) is 3.46. The molecule has 0 aliphatic carbocycles. The molecule has 0 aliphatic rings. The zero-order valence-electron chi connectivity index (χ0n) is 14.1. The molecule has 0 saturated heterocycles. The molecule has 0 atom stereocenters. The third kappa shape index (κ3) is 2.51. The summed E-state index contributed by atoms with van der Waals surface area (Å²) in [5, 5.41) is 4.59. The summed E-state index contributed by atoms with van der Waals surface area (Å²) < 4.78 is 1.05. The van der Waals surface area contributed by atoms with Gasteiger partial charge in [-0.25, -0.2) is 15.0 Å². The van der Waals surface area contributed by atoms with Crippen molar-refractivity contribution in [1.82, 2.24) is 15.0 Å². The number of aromatic nitrogens is 3. The van der Waals surface area contributed by atoms with E-state index in [0.717, 1.165) is 43.5 Å². The highest BCUT2D eigenvalue weighted by Gasteiger charge is 2.16. The predicted molar refractivity (Wildman–Crippen MR) is 101 cm³/mol. The van der Waals surface area contributed by atoms with E-state index in [1.807, 2.05) is 19.9 Å². The second kappa shape index (κ2) is 5.53. The first-order valence-electron chi connectivity index (χ1n) is 7.90. The molecule has 4 nitrogen and oxygen atoms in total. The van der Waals surface area contributed by atoms with Gasteiger partial charge in [-0.15, -0.1) is 11.3 Å². The van der Waals surface area contributed by atoms with Crippen LogP contribution < -0.4 is 5.32 Å². The molecule has 24 heavy (non-hydrogen) atoms. The van der Waals surface area contributed by atoms with E-state index >= 15 is 0 Å². The number of thiophene rings is 1. The number of anilines is 2. The molecule has 0 spiro atoms. The minimum Gasteiger partial charge on any atom is -0.339 e. The van der Waals surface area contributed by atoms with Gasteiger partial charge in [-0.1, -0.05) is 12.1 Å². The Hall–Kier alpha value is -2.53. The van der Waals surface area contributed by atoms with Gasteiger partial charge >= 0.3 is 0 Å². The fourth-order valence-electron chi connectivity index (χ4n) is 3.03. The number of benzene rings is 1. The molecular formula is C19H18N4S. The second-order valence-electron chi connectivity index (χ2n) is 6.15. The smallest absolute Gasteiger partial charge is 0.152 e. The molecule has 1 N–H and O–H groups in total. The molecule has 0 amide bonds. The molecule has 5 heteroatoms. The molecule has 4 aromatic rings. The average Bonchev–Trinajstić information content (AvgIpc) is 2.85. The van der Waals surface area contributed by atoms with Crippen molar-refractivity contribution in [2.75, 3.05) is 5.32 Å². The molecule has 120 valence electrons. The number of rotatable bonds is 2. The van der Waals surface area contributed by atoms with E-state index in [0.29, 0.717) is 0 Å². The van der Waals surface area contributed by atoms with Gasteiger partial charge in [-0.3, -0.25) is 0 Å². The monoisotopic (exact) mass is 334 g/mol. The fourth-order valence-corrected chi connectivity index (χ4v) is 4.21.